The Morgan fingerprint density at radius 1 is 1.16 bits per heavy atom. The number of amides is 1. The Hall–Kier alpha value is -0.870. The van der Waals surface area contributed by atoms with Crippen LogP contribution in [-0.4, -0.2) is 73.0 Å². The molecule has 2 saturated heterocycles. The lowest BCUT2D eigenvalue weighted by molar-refractivity contribution is -0.138. The maximum atomic E-state index is 12.6. The molecule has 0 aromatic heterocycles. The van der Waals surface area contributed by atoms with Gasteiger partial charge in [0.1, 0.15) is 0 Å². The average molecular weight is 265 g/mol. The predicted octanol–water partition coefficient (Wildman–Crippen LogP) is 1.19. The second kappa shape index (κ2) is 7.06. The molecule has 0 bridgehead atoms. The molecule has 0 aromatic carbocycles. The molecule has 0 N–H and O–H groups in total. The highest BCUT2D eigenvalue weighted by molar-refractivity contribution is 5.82. The van der Waals surface area contributed by atoms with Crippen molar-refractivity contribution in [3.05, 3.63) is 12.7 Å². The van der Waals surface area contributed by atoms with Gasteiger partial charge in [-0.2, -0.15) is 0 Å². The van der Waals surface area contributed by atoms with Crippen LogP contribution in [-0.2, 0) is 4.79 Å². The molecule has 2 rings (SSSR count). The van der Waals surface area contributed by atoms with Crippen LogP contribution in [0.5, 0.6) is 0 Å². The maximum Gasteiger partial charge on any atom is 0.240 e. The van der Waals surface area contributed by atoms with Crippen LogP contribution in [0, 0.1) is 0 Å². The van der Waals surface area contributed by atoms with Gasteiger partial charge in [0, 0.05) is 32.7 Å². The molecule has 1 atom stereocenters. The fourth-order valence-electron chi connectivity index (χ4n) is 3.11. The Bertz CT molecular complexity index is 311. The number of nitrogens with zero attached hydrogens (tertiary/aromatic N) is 3. The van der Waals surface area contributed by atoms with Gasteiger partial charge >= 0.3 is 0 Å². The SMILES string of the molecule is C=CCN1CCN(C(=O)C2CCCCCN2C)CC1. The minimum atomic E-state index is 0.119. The lowest BCUT2D eigenvalue weighted by Gasteiger charge is -2.37. The molecule has 108 valence electrons. The van der Waals surface area contributed by atoms with E-state index in [0.29, 0.717) is 5.91 Å². The maximum absolute atomic E-state index is 12.6. The molecule has 0 aromatic rings. The van der Waals surface area contributed by atoms with Gasteiger partial charge in [-0.3, -0.25) is 14.6 Å². The zero-order valence-electron chi connectivity index (χ0n) is 12.2. The van der Waals surface area contributed by atoms with Gasteiger partial charge in [0.05, 0.1) is 6.04 Å². The molecule has 1 amide bonds. The zero-order chi connectivity index (χ0) is 13.7. The van der Waals surface area contributed by atoms with Crippen molar-refractivity contribution in [3.8, 4) is 0 Å². The van der Waals surface area contributed by atoms with Gasteiger partial charge in [-0.15, -0.1) is 6.58 Å². The van der Waals surface area contributed by atoms with Crippen molar-refractivity contribution in [3.63, 3.8) is 0 Å². The van der Waals surface area contributed by atoms with Crippen LogP contribution >= 0.6 is 0 Å². The van der Waals surface area contributed by atoms with E-state index in [0.717, 1.165) is 45.7 Å². The first-order chi connectivity index (χ1) is 9.22. The smallest absolute Gasteiger partial charge is 0.240 e. The summed E-state index contributed by atoms with van der Waals surface area (Å²) in [6, 6.07) is 0.119. The fourth-order valence-corrected chi connectivity index (χ4v) is 3.11. The summed E-state index contributed by atoms with van der Waals surface area (Å²) in [5.41, 5.74) is 0. The second-order valence-electron chi connectivity index (χ2n) is 5.76. The first-order valence-electron chi connectivity index (χ1n) is 7.54. The molecule has 19 heavy (non-hydrogen) atoms. The topological polar surface area (TPSA) is 26.8 Å². The van der Waals surface area contributed by atoms with E-state index in [9.17, 15) is 4.79 Å². The molecule has 0 saturated carbocycles. The summed E-state index contributed by atoms with van der Waals surface area (Å²) in [4.78, 5) is 19.3. The molecule has 4 heteroatoms. The van der Waals surface area contributed by atoms with Gasteiger partial charge in [0.2, 0.25) is 5.91 Å². The van der Waals surface area contributed by atoms with E-state index < -0.39 is 0 Å². The van der Waals surface area contributed by atoms with Crippen molar-refractivity contribution in [2.75, 3.05) is 46.3 Å². The highest BCUT2D eigenvalue weighted by atomic mass is 16.2. The van der Waals surface area contributed by atoms with E-state index in [4.69, 9.17) is 0 Å². The molecular weight excluding hydrogens is 238 g/mol. The van der Waals surface area contributed by atoms with Crippen molar-refractivity contribution < 1.29 is 4.79 Å². The van der Waals surface area contributed by atoms with Crippen LogP contribution in [0.3, 0.4) is 0 Å². The summed E-state index contributed by atoms with van der Waals surface area (Å²) in [5.74, 6) is 0.350. The highest BCUT2D eigenvalue weighted by Crippen LogP contribution is 2.18. The average Bonchev–Trinajstić information content (AvgIpc) is 2.64. The third kappa shape index (κ3) is 3.80. The third-order valence-electron chi connectivity index (χ3n) is 4.38. The van der Waals surface area contributed by atoms with Crippen molar-refractivity contribution in [2.24, 2.45) is 0 Å². The molecular formula is C15H27N3O. The Balaban J connectivity index is 1.87. The summed E-state index contributed by atoms with van der Waals surface area (Å²) in [6.07, 6.45) is 6.66. The first-order valence-corrected chi connectivity index (χ1v) is 7.54. The number of likely N-dealkylation sites (tertiary alicyclic amines) is 1. The third-order valence-corrected chi connectivity index (χ3v) is 4.38. The van der Waals surface area contributed by atoms with Crippen molar-refractivity contribution >= 4 is 5.91 Å². The van der Waals surface area contributed by atoms with Crippen molar-refractivity contribution in [2.45, 2.75) is 31.7 Å². The number of hydrogen-bond acceptors (Lipinski definition) is 3. The number of carbonyl (C=O) groups excluding carboxylic acids is 1. The zero-order valence-corrected chi connectivity index (χ0v) is 12.2. The lowest BCUT2D eigenvalue weighted by Crippen LogP contribution is -2.54. The normalized spacial score (nSPS) is 27.0. The Morgan fingerprint density at radius 3 is 2.58 bits per heavy atom. The standard InChI is InChI=1S/C15H27N3O/c1-3-8-17-10-12-18(13-11-17)15(19)14-7-5-4-6-9-16(14)2/h3,14H,1,4-13H2,2H3. The number of likely N-dealkylation sites (N-methyl/N-ethyl adjacent to an activating group) is 1. The minimum absolute atomic E-state index is 0.119. The van der Waals surface area contributed by atoms with Gasteiger partial charge in [-0.25, -0.2) is 0 Å². The van der Waals surface area contributed by atoms with E-state index in [1.54, 1.807) is 0 Å². The van der Waals surface area contributed by atoms with Crippen LogP contribution in [0.4, 0.5) is 0 Å². The molecule has 2 aliphatic rings. The van der Waals surface area contributed by atoms with E-state index >= 15 is 0 Å². The molecule has 0 radical (unpaired) electrons. The van der Waals surface area contributed by atoms with E-state index in [-0.39, 0.29) is 6.04 Å². The number of hydrogen-bond donors (Lipinski definition) is 0. The predicted molar refractivity (Wildman–Crippen MR) is 78.1 cm³/mol. The Kier molecular flexibility index (Phi) is 5.40. The summed E-state index contributed by atoms with van der Waals surface area (Å²) >= 11 is 0. The van der Waals surface area contributed by atoms with Crippen molar-refractivity contribution in [1.82, 2.24) is 14.7 Å². The number of carbonyl (C=O) groups is 1. The summed E-state index contributed by atoms with van der Waals surface area (Å²) in [5, 5.41) is 0. The van der Waals surface area contributed by atoms with Crippen LogP contribution in [0.25, 0.3) is 0 Å². The Morgan fingerprint density at radius 2 is 1.89 bits per heavy atom. The van der Waals surface area contributed by atoms with Gasteiger partial charge in [0.15, 0.2) is 0 Å². The number of piperazine rings is 1. The van der Waals surface area contributed by atoms with Crippen LogP contribution in [0.15, 0.2) is 12.7 Å². The second-order valence-corrected chi connectivity index (χ2v) is 5.76. The summed E-state index contributed by atoms with van der Waals surface area (Å²) in [6.45, 7) is 9.48. The van der Waals surface area contributed by atoms with E-state index in [1.165, 1.54) is 19.3 Å². The van der Waals surface area contributed by atoms with Crippen molar-refractivity contribution in [1.29, 1.82) is 0 Å². The largest absolute Gasteiger partial charge is 0.339 e. The molecule has 2 aliphatic heterocycles. The van der Waals surface area contributed by atoms with E-state index in [1.807, 2.05) is 6.08 Å². The molecule has 2 fully saturated rings. The minimum Gasteiger partial charge on any atom is -0.339 e. The molecule has 4 nitrogen and oxygen atoms in total. The molecule has 0 spiro atoms. The van der Waals surface area contributed by atoms with Gasteiger partial charge in [-0.1, -0.05) is 18.9 Å². The van der Waals surface area contributed by atoms with Gasteiger partial charge < -0.3 is 4.90 Å². The number of rotatable bonds is 3. The Labute approximate surface area is 117 Å². The van der Waals surface area contributed by atoms with E-state index in [2.05, 4.69) is 28.3 Å². The molecule has 0 aliphatic carbocycles. The summed E-state index contributed by atoms with van der Waals surface area (Å²) < 4.78 is 0. The van der Waals surface area contributed by atoms with Crippen LogP contribution in [0.2, 0.25) is 0 Å². The van der Waals surface area contributed by atoms with Crippen LogP contribution < -0.4 is 0 Å². The van der Waals surface area contributed by atoms with Gasteiger partial charge in [0.25, 0.3) is 0 Å². The van der Waals surface area contributed by atoms with Gasteiger partial charge in [-0.05, 0) is 26.4 Å². The quantitative estimate of drug-likeness (QED) is 0.717. The lowest BCUT2D eigenvalue weighted by atomic mass is 10.1. The van der Waals surface area contributed by atoms with Crippen LogP contribution in [0.1, 0.15) is 25.7 Å². The fraction of sp³-hybridized carbons (Fsp3) is 0.800. The monoisotopic (exact) mass is 265 g/mol. The first kappa shape index (κ1) is 14.5. The highest BCUT2D eigenvalue weighted by Gasteiger charge is 2.30. The summed E-state index contributed by atoms with van der Waals surface area (Å²) in [7, 11) is 2.10. The molecule has 2 heterocycles. The molecule has 1 unspecified atom stereocenters.